The van der Waals surface area contributed by atoms with Crippen LogP contribution < -0.4 is 4.90 Å². The van der Waals surface area contributed by atoms with Crippen molar-refractivity contribution in [3.05, 3.63) is 34.9 Å². The second-order valence-corrected chi connectivity index (χ2v) is 7.02. The maximum absolute atomic E-state index is 12.1. The Bertz CT molecular complexity index is 696. The van der Waals surface area contributed by atoms with Crippen molar-refractivity contribution < 1.29 is 19.1 Å². The first-order chi connectivity index (χ1) is 11.3. The zero-order chi connectivity index (χ0) is 17.5. The second kappa shape index (κ2) is 5.96. The Morgan fingerprint density at radius 3 is 2.46 bits per heavy atom. The minimum absolute atomic E-state index is 0.0641. The van der Waals surface area contributed by atoms with Gasteiger partial charge in [-0.3, -0.25) is 0 Å². The summed E-state index contributed by atoms with van der Waals surface area (Å²) in [5.41, 5.74) is 3.21. The van der Waals surface area contributed by atoms with Crippen molar-refractivity contribution in [1.82, 2.24) is 0 Å². The smallest absolute Gasteiger partial charge is 0.348 e. The van der Waals surface area contributed by atoms with Gasteiger partial charge in [-0.2, -0.15) is 0 Å². The molecule has 0 atom stereocenters. The predicted octanol–water partition coefficient (Wildman–Crippen LogP) is 3.07. The van der Waals surface area contributed by atoms with E-state index in [1.165, 1.54) is 11.3 Å². The summed E-state index contributed by atoms with van der Waals surface area (Å²) in [5.74, 6) is -2.49. The van der Waals surface area contributed by atoms with Crippen LogP contribution in [0.5, 0.6) is 0 Å². The molecule has 24 heavy (non-hydrogen) atoms. The van der Waals surface area contributed by atoms with Crippen LogP contribution in [-0.4, -0.2) is 30.3 Å². The van der Waals surface area contributed by atoms with E-state index in [0.717, 1.165) is 24.9 Å². The third kappa shape index (κ3) is 3.16. The van der Waals surface area contributed by atoms with Crippen molar-refractivity contribution in [3.63, 3.8) is 0 Å². The predicted molar refractivity (Wildman–Crippen MR) is 91.5 cm³/mol. The van der Waals surface area contributed by atoms with Crippen molar-refractivity contribution >= 4 is 23.7 Å². The van der Waals surface area contributed by atoms with Crippen LogP contribution >= 0.6 is 0 Å². The van der Waals surface area contributed by atoms with Gasteiger partial charge in [-0.25, -0.2) is 9.59 Å². The monoisotopic (exact) mass is 329 g/mol. The van der Waals surface area contributed by atoms with Crippen molar-refractivity contribution in [3.8, 4) is 0 Å². The van der Waals surface area contributed by atoms with E-state index < -0.39 is 17.7 Å². The molecule has 1 aromatic rings. The fraction of sp³-hybridized carbons (Fsp3) is 0.474. The molecule has 1 saturated heterocycles. The molecule has 1 aromatic carbocycles. The summed E-state index contributed by atoms with van der Waals surface area (Å²) < 4.78 is 10.3. The number of carbonyl (C=O) groups is 2. The zero-order valence-corrected chi connectivity index (χ0v) is 14.6. The summed E-state index contributed by atoms with van der Waals surface area (Å²) in [5, 5.41) is 0. The van der Waals surface area contributed by atoms with E-state index in [1.807, 2.05) is 12.1 Å². The molecule has 0 radical (unpaired) electrons. The Kier molecular flexibility index (Phi) is 4.11. The third-order valence-electron chi connectivity index (χ3n) is 4.31. The quantitative estimate of drug-likeness (QED) is 0.474. The summed E-state index contributed by atoms with van der Waals surface area (Å²) in [6, 6.07) is 6.47. The van der Waals surface area contributed by atoms with Gasteiger partial charge in [0.15, 0.2) is 0 Å². The molecule has 0 saturated carbocycles. The summed E-state index contributed by atoms with van der Waals surface area (Å²) in [7, 11) is 0. The largest absolute Gasteiger partial charge is 0.419 e. The van der Waals surface area contributed by atoms with Gasteiger partial charge in [0.05, 0.1) is 0 Å². The second-order valence-electron chi connectivity index (χ2n) is 7.02. The van der Waals surface area contributed by atoms with E-state index in [4.69, 9.17) is 9.47 Å². The van der Waals surface area contributed by atoms with Crippen LogP contribution in [0, 0.1) is 0 Å². The van der Waals surface area contributed by atoms with Crippen LogP contribution in [0.25, 0.3) is 6.08 Å². The topological polar surface area (TPSA) is 55.8 Å². The van der Waals surface area contributed by atoms with Gasteiger partial charge in [0.25, 0.3) is 5.79 Å². The van der Waals surface area contributed by atoms with Gasteiger partial charge in [0.1, 0.15) is 5.57 Å². The molecule has 0 aromatic heterocycles. The van der Waals surface area contributed by atoms with Gasteiger partial charge in [-0.15, -0.1) is 0 Å². The van der Waals surface area contributed by atoms with Crippen molar-refractivity contribution in [2.24, 2.45) is 0 Å². The van der Waals surface area contributed by atoms with E-state index in [1.54, 1.807) is 19.9 Å². The van der Waals surface area contributed by atoms with Gasteiger partial charge in [0, 0.05) is 32.1 Å². The lowest BCUT2D eigenvalue weighted by molar-refractivity contribution is -0.222. The normalized spacial score (nSPS) is 19.7. The van der Waals surface area contributed by atoms with E-state index in [9.17, 15) is 9.59 Å². The molecule has 2 heterocycles. The molecule has 0 N–H and O–H groups in total. The van der Waals surface area contributed by atoms with Gasteiger partial charge in [-0.1, -0.05) is 6.07 Å². The highest BCUT2D eigenvalue weighted by Crippen LogP contribution is 2.31. The van der Waals surface area contributed by atoms with Crippen molar-refractivity contribution in [2.75, 3.05) is 11.4 Å². The average molecular weight is 329 g/mol. The summed E-state index contributed by atoms with van der Waals surface area (Å²) >= 11 is 0. The van der Waals surface area contributed by atoms with Crippen LogP contribution in [0.3, 0.4) is 0 Å². The Hall–Kier alpha value is -2.30. The number of rotatable bonds is 2. The van der Waals surface area contributed by atoms with Gasteiger partial charge < -0.3 is 14.4 Å². The lowest BCUT2D eigenvalue weighted by atomic mass is 9.97. The highest BCUT2D eigenvalue weighted by molar-refractivity contribution is 6.18. The molecule has 0 aliphatic carbocycles. The number of nitrogens with zero attached hydrogens (tertiary/aromatic N) is 1. The van der Waals surface area contributed by atoms with Crippen molar-refractivity contribution in [2.45, 2.75) is 52.4 Å². The summed E-state index contributed by atoms with van der Waals surface area (Å²) in [6.07, 6.45) is 3.65. The number of hydrogen-bond acceptors (Lipinski definition) is 5. The first kappa shape index (κ1) is 16.6. The molecule has 128 valence electrons. The number of anilines is 1. The highest BCUT2D eigenvalue weighted by Gasteiger charge is 2.38. The fourth-order valence-corrected chi connectivity index (χ4v) is 3.22. The van der Waals surface area contributed by atoms with Gasteiger partial charge in [-0.05, 0) is 56.0 Å². The molecular formula is C19H23NO4. The molecule has 3 rings (SSSR count). The Morgan fingerprint density at radius 2 is 1.83 bits per heavy atom. The van der Waals surface area contributed by atoms with Gasteiger partial charge in [0.2, 0.25) is 0 Å². The number of aryl methyl sites for hydroxylation is 1. The number of benzene rings is 1. The highest BCUT2D eigenvalue weighted by atomic mass is 16.7. The number of hydrogen-bond donors (Lipinski definition) is 0. The molecule has 5 nitrogen and oxygen atoms in total. The number of fused-ring (bicyclic) bond motifs is 1. The van der Waals surface area contributed by atoms with E-state index in [2.05, 4.69) is 24.8 Å². The van der Waals surface area contributed by atoms with Crippen LogP contribution in [0.2, 0.25) is 0 Å². The summed E-state index contributed by atoms with van der Waals surface area (Å²) in [6.45, 7) is 8.50. The minimum Gasteiger partial charge on any atom is -0.419 e. The molecule has 0 bridgehead atoms. The maximum Gasteiger partial charge on any atom is 0.348 e. The standard InChI is InChI=1S/C19H23NO4/c1-12(2)20-9-5-6-14-10-13(7-8-16(14)20)11-15-17(21)23-19(3,4)24-18(15)22/h7-8,10-12H,5-6,9H2,1-4H3. The Labute approximate surface area is 142 Å². The number of cyclic esters (lactones) is 2. The Balaban J connectivity index is 1.91. The molecule has 0 unspecified atom stereocenters. The van der Waals surface area contributed by atoms with Crippen LogP contribution in [-0.2, 0) is 25.5 Å². The first-order valence-corrected chi connectivity index (χ1v) is 8.35. The SMILES string of the molecule is CC(C)N1CCCc2cc(C=C3C(=O)OC(C)(C)OC3=O)ccc21. The Morgan fingerprint density at radius 1 is 1.17 bits per heavy atom. The molecule has 0 spiro atoms. The lowest BCUT2D eigenvalue weighted by Gasteiger charge is -2.35. The zero-order valence-electron chi connectivity index (χ0n) is 14.6. The van der Waals surface area contributed by atoms with Gasteiger partial charge >= 0.3 is 11.9 Å². The molecule has 2 aliphatic heterocycles. The lowest BCUT2D eigenvalue weighted by Crippen LogP contribution is -2.41. The molecule has 5 heteroatoms. The number of ether oxygens (including phenoxy) is 2. The van der Waals surface area contributed by atoms with Crippen molar-refractivity contribution in [1.29, 1.82) is 0 Å². The molecule has 2 aliphatic rings. The number of carbonyl (C=O) groups excluding carboxylic acids is 2. The van der Waals surface area contributed by atoms with Crippen LogP contribution in [0.4, 0.5) is 5.69 Å². The average Bonchev–Trinajstić information content (AvgIpc) is 2.49. The molecule has 0 amide bonds. The third-order valence-corrected chi connectivity index (χ3v) is 4.31. The van der Waals surface area contributed by atoms with E-state index in [-0.39, 0.29) is 5.57 Å². The molecular weight excluding hydrogens is 306 g/mol. The minimum atomic E-state index is -1.21. The molecule has 1 fully saturated rings. The summed E-state index contributed by atoms with van der Waals surface area (Å²) in [4.78, 5) is 26.5. The van der Waals surface area contributed by atoms with E-state index in [0.29, 0.717) is 6.04 Å². The fourth-order valence-electron chi connectivity index (χ4n) is 3.22. The maximum atomic E-state index is 12.1. The van der Waals surface area contributed by atoms with Crippen LogP contribution in [0.15, 0.2) is 23.8 Å². The first-order valence-electron chi connectivity index (χ1n) is 8.35. The van der Waals surface area contributed by atoms with Crippen LogP contribution in [0.1, 0.15) is 45.2 Å². The number of esters is 2. The van der Waals surface area contributed by atoms with E-state index >= 15 is 0 Å².